The van der Waals surface area contributed by atoms with Gasteiger partial charge in [0, 0.05) is 25.4 Å². The number of hydrogen-bond acceptors (Lipinski definition) is 5. The van der Waals surface area contributed by atoms with Crippen LogP contribution in [0.3, 0.4) is 0 Å². The molecule has 3 rings (SSSR count). The van der Waals surface area contributed by atoms with Crippen molar-refractivity contribution < 1.29 is 8.94 Å². The zero-order chi connectivity index (χ0) is 13.1. The van der Waals surface area contributed by atoms with Crippen LogP contribution in [0, 0.1) is 0 Å². The number of nitrogens with two attached hydrogens (primary N) is 1. The Labute approximate surface area is 109 Å². The molecular weight excluding hydrogens is 244 g/mol. The van der Waals surface area contributed by atoms with Crippen LogP contribution in [0.4, 0.5) is 0 Å². The molecule has 3 heterocycles. The molecule has 0 aliphatic carbocycles. The molecule has 2 N–H and O–H groups in total. The predicted molar refractivity (Wildman–Crippen MR) is 67.4 cm³/mol. The molecule has 0 aliphatic heterocycles. The second-order valence-corrected chi connectivity index (χ2v) is 4.13. The van der Waals surface area contributed by atoms with E-state index in [2.05, 4.69) is 10.1 Å². The van der Waals surface area contributed by atoms with Gasteiger partial charge in [-0.25, -0.2) is 0 Å². The Hall–Kier alpha value is -2.34. The monoisotopic (exact) mass is 258 g/mol. The van der Waals surface area contributed by atoms with E-state index in [1.54, 1.807) is 6.26 Å². The molecule has 0 aliphatic rings. The van der Waals surface area contributed by atoms with E-state index < -0.39 is 0 Å². The van der Waals surface area contributed by atoms with Gasteiger partial charge in [-0.05, 0) is 24.3 Å². The van der Waals surface area contributed by atoms with Crippen LogP contribution in [0.2, 0.25) is 0 Å². The first kappa shape index (κ1) is 11.7. The highest BCUT2D eigenvalue weighted by atomic mass is 16.5. The average molecular weight is 258 g/mol. The first-order chi connectivity index (χ1) is 9.38. The van der Waals surface area contributed by atoms with Crippen LogP contribution < -0.4 is 5.73 Å². The van der Waals surface area contributed by atoms with Crippen molar-refractivity contribution in [3.05, 3.63) is 60.4 Å². The molecule has 0 unspecified atom stereocenters. The quantitative estimate of drug-likeness (QED) is 0.751. The number of hydrogen-bond donors (Lipinski definition) is 1. The molecule has 1 atom stereocenters. The fourth-order valence-electron chi connectivity index (χ4n) is 1.98. The average Bonchev–Trinajstić information content (AvgIpc) is 3.13. The van der Waals surface area contributed by atoms with Crippen molar-refractivity contribution in [3.63, 3.8) is 0 Å². The Morgan fingerprint density at radius 1 is 1.26 bits per heavy atom. The van der Waals surface area contributed by atoms with Gasteiger partial charge in [0.2, 0.25) is 11.7 Å². The lowest BCUT2D eigenvalue weighted by molar-refractivity contribution is 0.365. The molecule has 0 spiro atoms. The summed E-state index contributed by atoms with van der Waals surface area (Å²) < 4.78 is 12.6. The molecule has 3 aromatic rings. The lowest BCUT2D eigenvalue weighted by atomic mass is 10.2. The summed E-state index contributed by atoms with van der Waals surface area (Å²) in [7, 11) is 0. The van der Waals surface area contributed by atoms with Crippen LogP contribution in [0.15, 0.2) is 51.9 Å². The van der Waals surface area contributed by atoms with Gasteiger partial charge in [-0.1, -0.05) is 5.16 Å². The molecule has 0 saturated carbocycles. The summed E-state index contributed by atoms with van der Waals surface area (Å²) in [4.78, 5) is 4.37. The van der Waals surface area contributed by atoms with E-state index in [9.17, 15) is 0 Å². The van der Waals surface area contributed by atoms with Crippen molar-refractivity contribution in [2.75, 3.05) is 6.54 Å². The fourth-order valence-corrected chi connectivity index (χ4v) is 1.98. The lowest BCUT2D eigenvalue weighted by Crippen LogP contribution is -2.11. The molecule has 19 heavy (non-hydrogen) atoms. The summed E-state index contributed by atoms with van der Waals surface area (Å²) in [6.45, 7) is 0.483. The summed E-state index contributed by atoms with van der Waals surface area (Å²) in [6, 6.07) is 7.39. The molecule has 6 nitrogen and oxygen atoms in total. The standard InChI is InChI=1S/C13H14N4O2/c14-6-5-11-15-13(16-19-11)12(10-4-3-9-18-10)17-7-1-2-8-17/h1-4,7-9,12H,5-6,14H2/t12-/m1/s1. The Balaban J connectivity index is 1.99. The molecule has 6 heteroatoms. The van der Waals surface area contributed by atoms with E-state index in [4.69, 9.17) is 14.7 Å². The molecule has 0 aromatic carbocycles. The first-order valence-corrected chi connectivity index (χ1v) is 6.07. The van der Waals surface area contributed by atoms with Crippen molar-refractivity contribution in [1.29, 1.82) is 0 Å². The second kappa shape index (κ2) is 5.11. The van der Waals surface area contributed by atoms with Crippen LogP contribution in [-0.2, 0) is 6.42 Å². The maximum atomic E-state index is 5.48. The maximum Gasteiger partial charge on any atom is 0.228 e. The van der Waals surface area contributed by atoms with Crippen molar-refractivity contribution in [2.24, 2.45) is 5.73 Å². The van der Waals surface area contributed by atoms with Crippen molar-refractivity contribution in [2.45, 2.75) is 12.5 Å². The Morgan fingerprint density at radius 3 is 2.79 bits per heavy atom. The minimum atomic E-state index is -0.222. The van der Waals surface area contributed by atoms with Gasteiger partial charge in [-0.15, -0.1) is 0 Å². The lowest BCUT2D eigenvalue weighted by Gasteiger charge is -2.12. The maximum absolute atomic E-state index is 5.48. The third kappa shape index (κ3) is 2.30. The van der Waals surface area contributed by atoms with E-state index in [1.165, 1.54) is 0 Å². The van der Waals surface area contributed by atoms with E-state index >= 15 is 0 Å². The third-order valence-electron chi connectivity index (χ3n) is 2.82. The van der Waals surface area contributed by atoms with Gasteiger partial charge in [0.15, 0.2) is 6.04 Å². The Morgan fingerprint density at radius 2 is 2.11 bits per heavy atom. The minimum absolute atomic E-state index is 0.222. The Kier molecular flexibility index (Phi) is 3.16. The zero-order valence-corrected chi connectivity index (χ0v) is 10.3. The summed E-state index contributed by atoms with van der Waals surface area (Å²) in [5.41, 5.74) is 5.48. The fraction of sp³-hybridized carbons (Fsp3) is 0.231. The molecule has 0 bridgehead atoms. The number of nitrogens with zero attached hydrogens (tertiary/aromatic N) is 3. The minimum Gasteiger partial charge on any atom is -0.467 e. The van der Waals surface area contributed by atoms with Crippen molar-refractivity contribution in [1.82, 2.24) is 14.7 Å². The molecule has 0 fully saturated rings. The smallest absolute Gasteiger partial charge is 0.228 e. The van der Waals surface area contributed by atoms with Crippen LogP contribution >= 0.6 is 0 Å². The third-order valence-corrected chi connectivity index (χ3v) is 2.82. The normalized spacial score (nSPS) is 12.7. The van der Waals surface area contributed by atoms with Gasteiger partial charge in [-0.2, -0.15) is 4.98 Å². The van der Waals surface area contributed by atoms with Crippen LogP contribution in [-0.4, -0.2) is 21.3 Å². The highest BCUT2D eigenvalue weighted by Crippen LogP contribution is 2.25. The summed E-state index contributed by atoms with van der Waals surface area (Å²) in [5.74, 6) is 1.87. The molecule has 0 radical (unpaired) electrons. The van der Waals surface area contributed by atoms with Gasteiger partial charge >= 0.3 is 0 Å². The molecule has 0 saturated heterocycles. The molecule has 98 valence electrons. The van der Waals surface area contributed by atoms with E-state index in [0.29, 0.717) is 24.7 Å². The number of furan rings is 1. The van der Waals surface area contributed by atoms with Gasteiger partial charge in [0.05, 0.1) is 6.26 Å². The predicted octanol–water partition coefficient (Wildman–Crippen LogP) is 1.60. The van der Waals surface area contributed by atoms with Crippen LogP contribution in [0.25, 0.3) is 0 Å². The van der Waals surface area contributed by atoms with Gasteiger partial charge in [-0.3, -0.25) is 0 Å². The van der Waals surface area contributed by atoms with Gasteiger partial charge in [0.25, 0.3) is 0 Å². The van der Waals surface area contributed by atoms with Gasteiger partial charge < -0.3 is 19.2 Å². The largest absolute Gasteiger partial charge is 0.467 e. The van der Waals surface area contributed by atoms with Crippen molar-refractivity contribution in [3.8, 4) is 0 Å². The topological polar surface area (TPSA) is 83.0 Å². The summed E-state index contributed by atoms with van der Waals surface area (Å²) in [6.07, 6.45) is 6.08. The molecular formula is C13H14N4O2. The summed E-state index contributed by atoms with van der Waals surface area (Å²) in [5, 5.41) is 4.02. The van der Waals surface area contributed by atoms with E-state index in [0.717, 1.165) is 5.76 Å². The zero-order valence-electron chi connectivity index (χ0n) is 10.3. The van der Waals surface area contributed by atoms with Crippen molar-refractivity contribution >= 4 is 0 Å². The van der Waals surface area contributed by atoms with Gasteiger partial charge in [0.1, 0.15) is 5.76 Å². The van der Waals surface area contributed by atoms with Crippen LogP contribution in [0.5, 0.6) is 0 Å². The first-order valence-electron chi connectivity index (χ1n) is 6.07. The Bertz CT molecular complexity index is 579. The highest BCUT2D eigenvalue weighted by Gasteiger charge is 2.23. The van der Waals surface area contributed by atoms with E-state index in [1.807, 2.05) is 41.2 Å². The summed E-state index contributed by atoms with van der Waals surface area (Å²) >= 11 is 0. The highest BCUT2D eigenvalue weighted by molar-refractivity contribution is 5.17. The molecule has 0 amide bonds. The van der Waals surface area contributed by atoms with Crippen LogP contribution in [0.1, 0.15) is 23.5 Å². The second-order valence-electron chi connectivity index (χ2n) is 4.13. The van der Waals surface area contributed by atoms with E-state index in [-0.39, 0.29) is 6.04 Å². The number of rotatable bonds is 5. The molecule has 3 aromatic heterocycles. The number of aromatic nitrogens is 3. The SMILES string of the molecule is NCCc1nc([C@@H](c2ccco2)n2cccc2)no1.